The quantitative estimate of drug-likeness (QED) is 0.515. The van der Waals surface area contributed by atoms with Crippen molar-refractivity contribution in [1.29, 1.82) is 0 Å². The van der Waals surface area contributed by atoms with Gasteiger partial charge in [-0.2, -0.15) is 0 Å². The summed E-state index contributed by atoms with van der Waals surface area (Å²) in [5, 5.41) is 0. The highest BCUT2D eigenvalue weighted by Gasteiger charge is 2.00. The molecular weight excluding hydrogens is 144 g/mol. The van der Waals surface area contributed by atoms with Crippen LogP contribution in [0.4, 0.5) is 0 Å². The number of hydrogen-bond acceptors (Lipinski definition) is 3. The van der Waals surface area contributed by atoms with Gasteiger partial charge in [0, 0.05) is 20.1 Å². The van der Waals surface area contributed by atoms with Gasteiger partial charge in [-0.3, -0.25) is 4.79 Å². The fraction of sp³-hybridized carbons (Fsp3) is 0.875. The fourth-order valence-corrected chi connectivity index (χ4v) is 0.628. The van der Waals surface area contributed by atoms with Crippen LogP contribution >= 0.6 is 0 Å². The van der Waals surface area contributed by atoms with E-state index in [-0.39, 0.29) is 5.92 Å². The maximum Gasteiger partial charge on any atom is 0.198 e. The third-order valence-electron chi connectivity index (χ3n) is 1.27. The van der Waals surface area contributed by atoms with Crippen molar-refractivity contribution in [2.45, 2.75) is 13.3 Å². The summed E-state index contributed by atoms with van der Waals surface area (Å²) in [6, 6.07) is 0. The van der Waals surface area contributed by atoms with E-state index in [1.807, 2.05) is 13.2 Å². The zero-order chi connectivity index (χ0) is 8.53. The molecule has 0 N–H and O–H groups in total. The van der Waals surface area contributed by atoms with Crippen molar-refractivity contribution < 1.29 is 14.3 Å². The molecule has 65 valence electrons. The first kappa shape index (κ1) is 10.6. The van der Waals surface area contributed by atoms with E-state index in [2.05, 4.69) is 0 Å². The van der Waals surface area contributed by atoms with Crippen LogP contribution in [-0.4, -0.2) is 33.2 Å². The summed E-state index contributed by atoms with van der Waals surface area (Å²) in [7, 11) is 1.63. The Hall–Kier alpha value is -0.410. The molecule has 3 heteroatoms. The molecule has 11 heavy (non-hydrogen) atoms. The first-order chi connectivity index (χ1) is 5.31. The lowest BCUT2D eigenvalue weighted by molar-refractivity contribution is 0.0554. The molecule has 0 aromatic heterocycles. The Bertz CT molecular complexity index is 93.3. The van der Waals surface area contributed by atoms with Crippen molar-refractivity contribution in [3.63, 3.8) is 0 Å². The highest BCUT2D eigenvalue weighted by atomic mass is 16.5. The first-order valence-corrected chi connectivity index (χ1v) is 3.73. The maximum atomic E-state index is 9.90. The Balaban J connectivity index is 3.03. The summed E-state index contributed by atoms with van der Waals surface area (Å²) in [5.74, 6) is 0.268. The molecule has 0 heterocycles. The Morgan fingerprint density at radius 1 is 1.45 bits per heavy atom. The standard InChI is InChI=1S/C8H15O3/c1-8(3-4-9)7-11-6-5-10-2/h8H,3,5-7H2,1-2H3. The highest BCUT2D eigenvalue weighted by Crippen LogP contribution is 1.98. The van der Waals surface area contributed by atoms with E-state index in [1.165, 1.54) is 0 Å². The monoisotopic (exact) mass is 159 g/mol. The average molecular weight is 159 g/mol. The van der Waals surface area contributed by atoms with E-state index < -0.39 is 0 Å². The van der Waals surface area contributed by atoms with Crippen molar-refractivity contribution >= 4 is 6.29 Å². The molecule has 0 aromatic rings. The second-order valence-corrected chi connectivity index (χ2v) is 2.52. The molecule has 0 aliphatic rings. The third kappa shape index (κ3) is 7.49. The first-order valence-electron chi connectivity index (χ1n) is 3.73. The van der Waals surface area contributed by atoms with Gasteiger partial charge in [-0.05, 0) is 5.92 Å². The minimum Gasteiger partial charge on any atom is -0.382 e. The minimum atomic E-state index is 0.268. The van der Waals surface area contributed by atoms with E-state index in [4.69, 9.17) is 9.47 Å². The lowest BCUT2D eigenvalue weighted by Crippen LogP contribution is -2.09. The Morgan fingerprint density at radius 3 is 2.73 bits per heavy atom. The lowest BCUT2D eigenvalue weighted by Gasteiger charge is -2.07. The van der Waals surface area contributed by atoms with Gasteiger partial charge in [0.15, 0.2) is 6.29 Å². The van der Waals surface area contributed by atoms with E-state index in [0.29, 0.717) is 26.2 Å². The van der Waals surface area contributed by atoms with Crippen LogP contribution in [0.25, 0.3) is 0 Å². The number of rotatable bonds is 7. The molecule has 1 unspecified atom stereocenters. The lowest BCUT2D eigenvalue weighted by atomic mass is 10.1. The minimum absolute atomic E-state index is 0.268. The topological polar surface area (TPSA) is 35.5 Å². The Labute approximate surface area is 67.7 Å². The van der Waals surface area contributed by atoms with Crippen LogP contribution in [0, 0.1) is 5.92 Å². The summed E-state index contributed by atoms with van der Waals surface area (Å²) in [5.41, 5.74) is 0. The van der Waals surface area contributed by atoms with Crippen molar-refractivity contribution in [3.8, 4) is 0 Å². The van der Waals surface area contributed by atoms with Crippen LogP contribution in [0.2, 0.25) is 0 Å². The van der Waals surface area contributed by atoms with Gasteiger partial charge in [0.05, 0.1) is 13.2 Å². The molecule has 0 aliphatic heterocycles. The largest absolute Gasteiger partial charge is 0.382 e. The van der Waals surface area contributed by atoms with Crippen LogP contribution in [0.3, 0.4) is 0 Å². The van der Waals surface area contributed by atoms with Gasteiger partial charge >= 0.3 is 0 Å². The molecule has 0 saturated carbocycles. The third-order valence-corrected chi connectivity index (χ3v) is 1.27. The van der Waals surface area contributed by atoms with Crippen LogP contribution in [0.15, 0.2) is 0 Å². The molecule has 0 bridgehead atoms. The van der Waals surface area contributed by atoms with Crippen molar-refractivity contribution in [2.75, 3.05) is 26.9 Å². The van der Waals surface area contributed by atoms with E-state index in [1.54, 1.807) is 7.11 Å². The van der Waals surface area contributed by atoms with E-state index in [9.17, 15) is 4.79 Å². The van der Waals surface area contributed by atoms with Crippen molar-refractivity contribution in [1.82, 2.24) is 0 Å². The summed E-state index contributed by atoms with van der Waals surface area (Å²) >= 11 is 0. The molecule has 0 saturated heterocycles. The number of hydrogen-bond donors (Lipinski definition) is 0. The summed E-state index contributed by atoms with van der Waals surface area (Å²) in [6.45, 7) is 3.77. The molecule has 3 nitrogen and oxygen atoms in total. The normalized spacial score (nSPS) is 12.9. The summed E-state index contributed by atoms with van der Waals surface area (Å²) in [6.07, 6.45) is 2.30. The second kappa shape index (κ2) is 7.69. The Kier molecular flexibility index (Phi) is 7.41. The number of carbonyl (C=O) groups excluding carboxylic acids is 1. The number of methoxy groups -OCH3 is 1. The average Bonchev–Trinajstić information content (AvgIpc) is 1.99. The Morgan fingerprint density at radius 2 is 2.18 bits per heavy atom. The molecule has 0 aliphatic carbocycles. The van der Waals surface area contributed by atoms with Crippen LogP contribution in [-0.2, 0) is 14.3 Å². The second-order valence-electron chi connectivity index (χ2n) is 2.52. The zero-order valence-electron chi connectivity index (χ0n) is 7.13. The smallest absolute Gasteiger partial charge is 0.198 e. The van der Waals surface area contributed by atoms with Gasteiger partial charge in [-0.15, -0.1) is 0 Å². The fourth-order valence-electron chi connectivity index (χ4n) is 0.628. The SMILES string of the molecule is COCCOCC(C)C[C]=O. The number of ether oxygens (including phenoxy) is 2. The molecule has 0 fully saturated rings. The molecular formula is C8H15O3. The van der Waals surface area contributed by atoms with Gasteiger partial charge in [0.1, 0.15) is 0 Å². The van der Waals surface area contributed by atoms with E-state index >= 15 is 0 Å². The van der Waals surface area contributed by atoms with Gasteiger partial charge < -0.3 is 9.47 Å². The van der Waals surface area contributed by atoms with E-state index in [0.717, 1.165) is 0 Å². The van der Waals surface area contributed by atoms with Gasteiger partial charge in [-0.25, -0.2) is 0 Å². The predicted octanol–water partition coefficient (Wildman–Crippen LogP) is 0.785. The molecule has 0 rings (SSSR count). The zero-order valence-corrected chi connectivity index (χ0v) is 7.13. The van der Waals surface area contributed by atoms with Gasteiger partial charge in [-0.1, -0.05) is 6.92 Å². The molecule has 1 atom stereocenters. The molecule has 0 amide bonds. The van der Waals surface area contributed by atoms with Crippen molar-refractivity contribution in [2.24, 2.45) is 5.92 Å². The van der Waals surface area contributed by atoms with Gasteiger partial charge in [0.2, 0.25) is 0 Å². The summed E-state index contributed by atoms with van der Waals surface area (Å²) in [4.78, 5) is 9.90. The van der Waals surface area contributed by atoms with Crippen LogP contribution in [0.5, 0.6) is 0 Å². The van der Waals surface area contributed by atoms with Crippen molar-refractivity contribution in [3.05, 3.63) is 0 Å². The van der Waals surface area contributed by atoms with Gasteiger partial charge in [0.25, 0.3) is 0 Å². The van der Waals surface area contributed by atoms with Crippen LogP contribution < -0.4 is 0 Å². The predicted molar refractivity (Wildman–Crippen MR) is 42.2 cm³/mol. The molecule has 0 spiro atoms. The van der Waals surface area contributed by atoms with Crippen LogP contribution in [0.1, 0.15) is 13.3 Å². The maximum absolute atomic E-state index is 9.90. The highest BCUT2D eigenvalue weighted by molar-refractivity contribution is 5.50. The molecule has 0 aromatic carbocycles. The molecule has 1 radical (unpaired) electrons. The summed E-state index contributed by atoms with van der Waals surface area (Å²) < 4.78 is 9.97.